The minimum Gasteiger partial charge on any atom is -0.289 e. The molecule has 1 unspecified atom stereocenters. The summed E-state index contributed by atoms with van der Waals surface area (Å²) in [5.41, 5.74) is 8.15. The Balaban J connectivity index is 1.63. The van der Waals surface area contributed by atoms with E-state index in [0.29, 0.717) is 11.0 Å². The number of imide groups is 1. The first-order valence-electron chi connectivity index (χ1n) is 7.85. The number of anilines is 1. The Morgan fingerprint density at radius 1 is 1.16 bits per heavy atom. The topological polar surface area (TPSA) is 87.2 Å². The van der Waals surface area contributed by atoms with Gasteiger partial charge in [0, 0.05) is 16.4 Å². The molecule has 8 heteroatoms. The van der Waals surface area contributed by atoms with Gasteiger partial charge in [-0.1, -0.05) is 23.7 Å². The second kappa shape index (κ2) is 7.16. The van der Waals surface area contributed by atoms with E-state index in [1.807, 2.05) is 19.9 Å². The largest absolute Gasteiger partial charge is 0.289 e. The number of carbonyl (C=O) groups is 2. The van der Waals surface area contributed by atoms with Crippen molar-refractivity contribution in [1.82, 2.24) is 20.3 Å². The fourth-order valence-electron chi connectivity index (χ4n) is 2.67. The number of nitrogens with zero attached hydrogens (tertiary/aromatic N) is 3. The molecule has 130 valence electrons. The summed E-state index contributed by atoms with van der Waals surface area (Å²) in [5, 5.41) is 0.611. The van der Waals surface area contributed by atoms with Crippen LogP contribution in [0.15, 0.2) is 30.3 Å². The minimum absolute atomic E-state index is 0.0875. The maximum atomic E-state index is 12.5. The SMILES string of the molecule is Cc1cc(C)nc(NNC2CC(=O)N(Cc3ccc(Cl)cc3)C2=O)n1. The molecular formula is C17H18ClN5O2. The molecule has 2 heterocycles. The van der Waals surface area contributed by atoms with Gasteiger partial charge in [-0.2, -0.15) is 0 Å². The number of aromatic nitrogens is 2. The van der Waals surface area contributed by atoms with Gasteiger partial charge < -0.3 is 0 Å². The molecule has 3 rings (SSSR count). The summed E-state index contributed by atoms with van der Waals surface area (Å²) < 4.78 is 0. The Hall–Kier alpha value is -2.51. The lowest BCUT2D eigenvalue weighted by atomic mass is 10.2. The molecule has 0 saturated carbocycles. The fraction of sp³-hybridized carbons (Fsp3) is 0.294. The van der Waals surface area contributed by atoms with E-state index in [0.717, 1.165) is 17.0 Å². The van der Waals surface area contributed by atoms with Crippen LogP contribution >= 0.6 is 11.6 Å². The molecule has 25 heavy (non-hydrogen) atoms. The lowest BCUT2D eigenvalue weighted by Gasteiger charge is -2.16. The maximum Gasteiger partial charge on any atom is 0.248 e. The van der Waals surface area contributed by atoms with Gasteiger partial charge in [0.25, 0.3) is 0 Å². The standard InChI is InChI=1S/C17H18ClN5O2/c1-10-7-11(2)20-17(19-10)22-21-14-8-15(24)23(16(14)25)9-12-3-5-13(18)6-4-12/h3-7,14,21H,8-9H2,1-2H3,(H,19,20,22). The molecule has 0 bridgehead atoms. The molecule has 0 aliphatic carbocycles. The van der Waals surface area contributed by atoms with Gasteiger partial charge in [0.15, 0.2) is 0 Å². The lowest BCUT2D eigenvalue weighted by molar-refractivity contribution is -0.139. The summed E-state index contributed by atoms with van der Waals surface area (Å²) in [5.74, 6) is -0.133. The number of carbonyl (C=O) groups excluding carboxylic acids is 2. The second-order valence-electron chi connectivity index (χ2n) is 5.94. The molecule has 1 aliphatic heterocycles. The lowest BCUT2D eigenvalue weighted by Crippen LogP contribution is -2.41. The zero-order valence-corrected chi connectivity index (χ0v) is 14.7. The van der Waals surface area contributed by atoms with Crippen molar-refractivity contribution in [2.45, 2.75) is 32.9 Å². The van der Waals surface area contributed by atoms with Crippen LogP contribution in [-0.2, 0) is 16.1 Å². The molecule has 0 radical (unpaired) electrons. The Kier molecular flexibility index (Phi) is 4.96. The Morgan fingerprint density at radius 2 is 1.80 bits per heavy atom. The fourth-order valence-corrected chi connectivity index (χ4v) is 2.79. The number of benzene rings is 1. The minimum atomic E-state index is -0.649. The van der Waals surface area contributed by atoms with Gasteiger partial charge in [-0.3, -0.25) is 19.9 Å². The van der Waals surface area contributed by atoms with Crippen LogP contribution in [0.3, 0.4) is 0 Å². The van der Waals surface area contributed by atoms with Gasteiger partial charge in [0.2, 0.25) is 17.8 Å². The number of aryl methyl sites for hydroxylation is 2. The molecule has 1 saturated heterocycles. The van der Waals surface area contributed by atoms with E-state index in [2.05, 4.69) is 20.8 Å². The zero-order valence-electron chi connectivity index (χ0n) is 13.9. The predicted molar refractivity (Wildman–Crippen MR) is 93.7 cm³/mol. The number of nitrogens with one attached hydrogen (secondary N) is 2. The van der Waals surface area contributed by atoms with Gasteiger partial charge in [0.1, 0.15) is 6.04 Å². The number of hydrogen-bond acceptors (Lipinski definition) is 6. The number of rotatable bonds is 5. The van der Waals surface area contributed by atoms with Crippen LogP contribution in [0, 0.1) is 13.8 Å². The number of hydrogen-bond donors (Lipinski definition) is 2. The molecule has 7 nitrogen and oxygen atoms in total. The summed E-state index contributed by atoms with van der Waals surface area (Å²) in [7, 11) is 0. The molecular weight excluding hydrogens is 342 g/mol. The van der Waals surface area contributed by atoms with Crippen molar-refractivity contribution in [3.8, 4) is 0 Å². The van der Waals surface area contributed by atoms with E-state index in [-0.39, 0.29) is 24.8 Å². The molecule has 2 aromatic rings. The number of likely N-dealkylation sites (tertiary alicyclic amines) is 1. The van der Waals surface area contributed by atoms with E-state index in [9.17, 15) is 9.59 Å². The van der Waals surface area contributed by atoms with Crippen molar-refractivity contribution in [2.24, 2.45) is 0 Å². The van der Waals surface area contributed by atoms with Crippen molar-refractivity contribution in [3.05, 3.63) is 52.3 Å². The Morgan fingerprint density at radius 3 is 2.44 bits per heavy atom. The summed E-state index contributed by atoms with van der Waals surface area (Å²) in [6, 6.07) is 8.26. The number of halogens is 1. The third-order valence-corrected chi connectivity index (χ3v) is 4.09. The quantitative estimate of drug-likeness (QED) is 0.627. The molecule has 1 aromatic carbocycles. The van der Waals surface area contributed by atoms with E-state index in [4.69, 9.17) is 11.6 Å². The van der Waals surface area contributed by atoms with E-state index in [1.54, 1.807) is 24.3 Å². The number of hydrazine groups is 1. The summed E-state index contributed by atoms with van der Waals surface area (Å²) in [6.07, 6.45) is 0.0875. The normalized spacial score (nSPS) is 17.2. The average molecular weight is 360 g/mol. The van der Waals surface area contributed by atoms with Gasteiger partial charge >= 0.3 is 0 Å². The first-order chi connectivity index (χ1) is 11.9. The van der Waals surface area contributed by atoms with Crippen LogP contribution in [0.4, 0.5) is 5.95 Å². The van der Waals surface area contributed by atoms with Crippen molar-refractivity contribution >= 4 is 29.4 Å². The summed E-state index contributed by atoms with van der Waals surface area (Å²) in [4.78, 5) is 34.3. The molecule has 1 aromatic heterocycles. The third-order valence-electron chi connectivity index (χ3n) is 3.84. The highest BCUT2D eigenvalue weighted by Gasteiger charge is 2.38. The highest BCUT2D eigenvalue weighted by molar-refractivity contribution is 6.30. The highest BCUT2D eigenvalue weighted by atomic mass is 35.5. The molecule has 1 atom stereocenters. The van der Waals surface area contributed by atoms with Crippen molar-refractivity contribution in [3.63, 3.8) is 0 Å². The Bertz CT molecular complexity index is 789. The van der Waals surface area contributed by atoms with Crippen LogP contribution in [-0.4, -0.2) is 32.7 Å². The predicted octanol–water partition coefficient (Wildman–Crippen LogP) is 1.99. The van der Waals surface area contributed by atoms with E-state index >= 15 is 0 Å². The van der Waals surface area contributed by atoms with Crippen LogP contribution in [0.1, 0.15) is 23.4 Å². The van der Waals surface area contributed by atoms with Crippen LogP contribution in [0.25, 0.3) is 0 Å². The van der Waals surface area contributed by atoms with Crippen molar-refractivity contribution in [1.29, 1.82) is 0 Å². The van der Waals surface area contributed by atoms with Crippen LogP contribution in [0.2, 0.25) is 5.02 Å². The molecule has 1 aliphatic rings. The number of amides is 2. The second-order valence-corrected chi connectivity index (χ2v) is 6.38. The van der Waals surface area contributed by atoms with Crippen molar-refractivity contribution in [2.75, 3.05) is 5.43 Å². The summed E-state index contributed by atoms with van der Waals surface area (Å²) >= 11 is 5.85. The van der Waals surface area contributed by atoms with E-state index < -0.39 is 6.04 Å². The molecule has 2 N–H and O–H groups in total. The molecule has 0 spiro atoms. The summed E-state index contributed by atoms with van der Waals surface area (Å²) in [6.45, 7) is 3.95. The van der Waals surface area contributed by atoms with Gasteiger partial charge in [0.05, 0.1) is 13.0 Å². The Labute approximate surface area is 150 Å². The highest BCUT2D eigenvalue weighted by Crippen LogP contribution is 2.18. The first kappa shape index (κ1) is 17.3. The van der Waals surface area contributed by atoms with Crippen LogP contribution < -0.4 is 10.9 Å². The van der Waals surface area contributed by atoms with Gasteiger partial charge in [-0.15, -0.1) is 0 Å². The van der Waals surface area contributed by atoms with Gasteiger partial charge in [-0.05, 0) is 37.6 Å². The zero-order chi connectivity index (χ0) is 18.0. The van der Waals surface area contributed by atoms with Crippen molar-refractivity contribution < 1.29 is 9.59 Å². The van der Waals surface area contributed by atoms with E-state index in [1.165, 1.54) is 4.90 Å². The average Bonchev–Trinajstić information content (AvgIpc) is 2.81. The smallest absolute Gasteiger partial charge is 0.248 e. The first-order valence-corrected chi connectivity index (χ1v) is 8.22. The molecule has 2 amide bonds. The monoisotopic (exact) mass is 359 g/mol. The maximum absolute atomic E-state index is 12.5. The van der Waals surface area contributed by atoms with Crippen LogP contribution in [0.5, 0.6) is 0 Å². The van der Waals surface area contributed by atoms with Gasteiger partial charge in [-0.25, -0.2) is 15.4 Å². The molecule has 1 fully saturated rings. The third kappa shape index (κ3) is 4.12.